The molecule has 43 heavy (non-hydrogen) atoms. The third-order valence-corrected chi connectivity index (χ3v) is 7.59. The number of nitrogens with two attached hydrogens (primary N) is 1. The second-order valence-corrected chi connectivity index (χ2v) is 10.4. The fraction of sp³-hybridized carbons (Fsp3) is 0.171. The van der Waals surface area contributed by atoms with Crippen LogP contribution < -0.4 is 16.4 Å². The number of methoxy groups -OCH3 is 1. The summed E-state index contributed by atoms with van der Waals surface area (Å²) in [6.07, 6.45) is 1.71. The molecule has 2 amide bonds. The van der Waals surface area contributed by atoms with Crippen molar-refractivity contribution in [1.82, 2.24) is 15.6 Å². The summed E-state index contributed by atoms with van der Waals surface area (Å²) in [4.78, 5) is 43.0. The van der Waals surface area contributed by atoms with Gasteiger partial charge < -0.3 is 26.1 Å². The van der Waals surface area contributed by atoms with Crippen LogP contribution in [0.5, 0.6) is 0 Å². The zero-order valence-electron chi connectivity index (χ0n) is 23.8. The molecule has 5 rings (SSSR count). The maximum Gasteiger partial charge on any atom is 0.328 e. The van der Waals surface area contributed by atoms with E-state index in [1.165, 1.54) is 7.11 Å². The van der Waals surface area contributed by atoms with Crippen molar-refractivity contribution in [3.63, 3.8) is 0 Å². The molecule has 0 radical (unpaired) electrons. The van der Waals surface area contributed by atoms with Crippen molar-refractivity contribution in [2.45, 2.75) is 30.5 Å². The maximum absolute atomic E-state index is 13.9. The Bertz CT molecular complexity index is 1590. The molecule has 1 aromatic heterocycles. The summed E-state index contributed by atoms with van der Waals surface area (Å²) >= 11 is 0. The first-order valence-electron chi connectivity index (χ1n) is 14.1. The van der Waals surface area contributed by atoms with Crippen LogP contribution >= 0.6 is 0 Å². The summed E-state index contributed by atoms with van der Waals surface area (Å²) in [5.74, 6) is -1.76. The van der Waals surface area contributed by atoms with Crippen molar-refractivity contribution < 1.29 is 19.1 Å². The van der Waals surface area contributed by atoms with E-state index >= 15 is 0 Å². The van der Waals surface area contributed by atoms with Crippen LogP contribution in [0.15, 0.2) is 121 Å². The fourth-order valence-corrected chi connectivity index (χ4v) is 5.47. The molecule has 8 heteroatoms. The summed E-state index contributed by atoms with van der Waals surface area (Å²) in [5, 5.41) is 6.84. The molecular formula is C35H34N4O4. The molecule has 0 unspecified atom stereocenters. The quantitative estimate of drug-likeness (QED) is 0.139. The van der Waals surface area contributed by atoms with E-state index in [0.717, 1.165) is 33.2 Å². The van der Waals surface area contributed by atoms with Crippen molar-refractivity contribution in [2.75, 3.05) is 7.11 Å². The summed E-state index contributed by atoms with van der Waals surface area (Å²) in [6.45, 7) is 0. The SMILES string of the molecule is COC(=O)[C@H](CC(=O)NC(c1ccccc1)(c1ccccc1)c1ccccc1)NC(=O)[C@@H](N)Cc1c[nH]c2ccccc12. The lowest BCUT2D eigenvalue weighted by Gasteiger charge is -2.37. The highest BCUT2D eigenvalue weighted by molar-refractivity contribution is 5.92. The van der Waals surface area contributed by atoms with E-state index < -0.39 is 35.4 Å². The van der Waals surface area contributed by atoms with Crippen LogP contribution in [0.1, 0.15) is 28.7 Å². The van der Waals surface area contributed by atoms with Gasteiger partial charge in [0.2, 0.25) is 11.8 Å². The molecule has 0 aliphatic rings. The number of benzene rings is 4. The number of fused-ring (bicyclic) bond motifs is 1. The zero-order chi connectivity index (χ0) is 30.2. The third-order valence-electron chi connectivity index (χ3n) is 7.59. The van der Waals surface area contributed by atoms with Gasteiger partial charge in [-0.3, -0.25) is 9.59 Å². The van der Waals surface area contributed by atoms with Gasteiger partial charge in [-0.1, -0.05) is 109 Å². The predicted octanol–water partition coefficient (Wildman–Crippen LogP) is 4.19. The molecule has 0 spiro atoms. The van der Waals surface area contributed by atoms with E-state index in [0.29, 0.717) is 0 Å². The van der Waals surface area contributed by atoms with Gasteiger partial charge in [0.15, 0.2) is 0 Å². The minimum absolute atomic E-state index is 0.245. The van der Waals surface area contributed by atoms with E-state index in [4.69, 9.17) is 10.5 Å². The molecule has 218 valence electrons. The molecular weight excluding hydrogens is 540 g/mol. The number of rotatable bonds is 11. The van der Waals surface area contributed by atoms with Crippen LogP contribution in [0.25, 0.3) is 10.9 Å². The molecule has 0 bridgehead atoms. The lowest BCUT2D eigenvalue weighted by molar-refractivity contribution is -0.146. The van der Waals surface area contributed by atoms with Gasteiger partial charge in [-0.05, 0) is 34.7 Å². The van der Waals surface area contributed by atoms with Crippen molar-refractivity contribution in [1.29, 1.82) is 0 Å². The van der Waals surface area contributed by atoms with Crippen molar-refractivity contribution >= 4 is 28.7 Å². The predicted molar refractivity (Wildman–Crippen MR) is 166 cm³/mol. The van der Waals surface area contributed by atoms with Gasteiger partial charge in [-0.2, -0.15) is 0 Å². The average Bonchev–Trinajstić information content (AvgIpc) is 3.46. The molecule has 2 atom stereocenters. The summed E-state index contributed by atoms with van der Waals surface area (Å²) < 4.78 is 4.96. The minimum atomic E-state index is -1.24. The standard InChI is InChI=1S/C35H34N4O4/c1-43-34(42)31(38-33(41)29(36)21-24-23-37-30-20-12-11-19-28(24)30)22-32(40)39-35(25-13-5-2-6-14-25,26-15-7-3-8-16-26)27-17-9-4-10-18-27/h2-20,23,29,31,37H,21-22,36H2,1H3,(H,38,41)(H,39,40)/t29-,31-/m0/s1. The first-order chi connectivity index (χ1) is 20.9. The smallest absolute Gasteiger partial charge is 0.328 e. The monoisotopic (exact) mass is 574 g/mol. The highest BCUT2D eigenvalue weighted by Crippen LogP contribution is 2.37. The van der Waals surface area contributed by atoms with Gasteiger partial charge >= 0.3 is 5.97 Å². The first-order valence-corrected chi connectivity index (χ1v) is 14.1. The molecule has 0 fully saturated rings. The van der Waals surface area contributed by atoms with E-state index in [2.05, 4.69) is 15.6 Å². The second kappa shape index (κ2) is 13.2. The van der Waals surface area contributed by atoms with Gasteiger partial charge in [0.1, 0.15) is 11.6 Å². The molecule has 0 saturated heterocycles. The highest BCUT2D eigenvalue weighted by Gasteiger charge is 2.39. The molecule has 0 aliphatic carbocycles. The number of esters is 1. The summed E-state index contributed by atoms with van der Waals surface area (Å²) in [5.41, 5.74) is 9.52. The van der Waals surface area contributed by atoms with Gasteiger partial charge in [0, 0.05) is 17.1 Å². The lowest BCUT2D eigenvalue weighted by Crippen LogP contribution is -2.53. The topological polar surface area (TPSA) is 126 Å². The van der Waals surface area contributed by atoms with Gasteiger partial charge in [-0.25, -0.2) is 4.79 Å². The van der Waals surface area contributed by atoms with Crippen molar-refractivity contribution in [3.8, 4) is 0 Å². The number of nitrogens with one attached hydrogen (secondary N) is 3. The summed E-state index contributed by atoms with van der Waals surface area (Å²) in [6, 6.07) is 34.4. The Kier molecular flexibility index (Phi) is 8.98. The number of hydrogen-bond donors (Lipinski definition) is 4. The number of carbonyl (C=O) groups is 3. The Labute approximate surface area is 250 Å². The van der Waals surface area contributed by atoms with Crippen LogP contribution in [0, 0.1) is 0 Å². The van der Waals surface area contributed by atoms with Crippen LogP contribution in [0.3, 0.4) is 0 Å². The van der Waals surface area contributed by atoms with Crippen LogP contribution in [-0.2, 0) is 31.1 Å². The van der Waals surface area contributed by atoms with Gasteiger partial charge in [0.05, 0.1) is 19.6 Å². The van der Waals surface area contributed by atoms with E-state index in [1.807, 2.05) is 121 Å². The van der Waals surface area contributed by atoms with Crippen molar-refractivity contribution in [2.24, 2.45) is 5.73 Å². The average molecular weight is 575 g/mol. The molecule has 0 saturated carbocycles. The van der Waals surface area contributed by atoms with E-state index in [-0.39, 0.29) is 12.8 Å². The van der Waals surface area contributed by atoms with Crippen LogP contribution in [-0.4, -0.2) is 42.0 Å². The van der Waals surface area contributed by atoms with Crippen LogP contribution in [0.4, 0.5) is 0 Å². The molecule has 5 N–H and O–H groups in total. The van der Waals surface area contributed by atoms with E-state index in [9.17, 15) is 14.4 Å². The number of H-pyrrole nitrogens is 1. The van der Waals surface area contributed by atoms with E-state index in [1.54, 1.807) is 0 Å². The normalized spacial score (nSPS) is 12.7. The molecule has 0 aliphatic heterocycles. The Morgan fingerprint density at radius 1 is 0.791 bits per heavy atom. The number of hydrogen-bond acceptors (Lipinski definition) is 5. The highest BCUT2D eigenvalue weighted by atomic mass is 16.5. The van der Waals surface area contributed by atoms with Gasteiger partial charge in [-0.15, -0.1) is 0 Å². The molecule has 4 aromatic carbocycles. The number of para-hydroxylation sites is 1. The second-order valence-electron chi connectivity index (χ2n) is 10.4. The number of aromatic nitrogens is 1. The third kappa shape index (κ3) is 6.34. The fourth-order valence-electron chi connectivity index (χ4n) is 5.47. The number of ether oxygens (including phenoxy) is 1. The number of aromatic amines is 1. The number of amides is 2. The minimum Gasteiger partial charge on any atom is -0.467 e. The van der Waals surface area contributed by atoms with Crippen LogP contribution in [0.2, 0.25) is 0 Å². The zero-order valence-corrected chi connectivity index (χ0v) is 23.8. The van der Waals surface area contributed by atoms with Gasteiger partial charge in [0.25, 0.3) is 0 Å². The summed E-state index contributed by atoms with van der Waals surface area (Å²) in [7, 11) is 1.22. The molecule has 1 heterocycles. The maximum atomic E-state index is 13.9. The Morgan fingerprint density at radius 3 is 1.84 bits per heavy atom. The van der Waals surface area contributed by atoms with Crippen molar-refractivity contribution in [3.05, 3.63) is 144 Å². The Hall–Kier alpha value is -5.21. The molecule has 5 aromatic rings. The molecule has 8 nitrogen and oxygen atoms in total. The first kappa shape index (κ1) is 29.3. The number of carbonyl (C=O) groups excluding carboxylic acids is 3. The Balaban J connectivity index is 1.40. The Morgan fingerprint density at radius 2 is 1.30 bits per heavy atom. The lowest BCUT2D eigenvalue weighted by atomic mass is 9.77. The largest absolute Gasteiger partial charge is 0.467 e.